The van der Waals surface area contributed by atoms with Crippen molar-refractivity contribution in [2.75, 3.05) is 11.1 Å². The number of hydrogen-bond donors (Lipinski definition) is 2. The molecule has 0 saturated heterocycles. The molecule has 0 radical (unpaired) electrons. The Morgan fingerprint density at radius 3 is 2.65 bits per heavy atom. The van der Waals surface area contributed by atoms with Crippen LogP contribution in [0, 0.1) is 0 Å². The van der Waals surface area contributed by atoms with Crippen molar-refractivity contribution >= 4 is 69.2 Å². The number of rotatable bonds is 4. The minimum Gasteiger partial charge on any atom is -0.333 e. The van der Waals surface area contributed by atoms with Crippen molar-refractivity contribution in [2.45, 2.75) is 5.16 Å². The van der Waals surface area contributed by atoms with Gasteiger partial charge in [-0.15, -0.1) is 0 Å². The Balaban J connectivity index is 1.63. The number of imidazole rings is 1. The molecule has 8 heteroatoms. The molecule has 0 aliphatic carbocycles. The quantitative estimate of drug-likeness (QED) is 0.602. The largest absolute Gasteiger partial charge is 0.333 e. The van der Waals surface area contributed by atoms with Crippen LogP contribution in [0.2, 0.25) is 15.1 Å². The van der Waals surface area contributed by atoms with Crippen LogP contribution in [-0.4, -0.2) is 21.6 Å². The minimum absolute atomic E-state index is 0.183. The Morgan fingerprint density at radius 1 is 1.13 bits per heavy atom. The van der Waals surface area contributed by atoms with E-state index in [2.05, 4.69) is 15.3 Å². The van der Waals surface area contributed by atoms with E-state index in [1.807, 2.05) is 6.07 Å². The molecule has 0 spiro atoms. The number of amides is 1. The minimum atomic E-state index is -0.183. The Kier molecular flexibility index (Phi) is 5.02. The van der Waals surface area contributed by atoms with Crippen LogP contribution in [0.5, 0.6) is 0 Å². The van der Waals surface area contributed by atoms with Crippen LogP contribution < -0.4 is 5.32 Å². The summed E-state index contributed by atoms with van der Waals surface area (Å²) in [5.74, 6) is 0.0182. The van der Waals surface area contributed by atoms with Crippen molar-refractivity contribution in [3.63, 3.8) is 0 Å². The zero-order chi connectivity index (χ0) is 16.4. The SMILES string of the molecule is O=C(CSc1nc2ccc(Cl)cc2[nH]1)Nc1ccc(Cl)cc1Cl. The van der Waals surface area contributed by atoms with E-state index in [0.717, 1.165) is 11.0 Å². The number of aromatic nitrogens is 2. The van der Waals surface area contributed by atoms with Gasteiger partial charge in [-0.05, 0) is 36.4 Å². The number of anilines is 1. The number of carbonyl (C=O) groups is 1. The summed E-state index contributed by atoms with van der Waals surface area (Å²) in [6.07, 6.45) is 0. The molecule has 0 saturated carbocycles. The lowest BCUT2D eigenvalue weighted by atomic mass is 10.3. The summed E-state index contributed by atoms with van der Waals surface area (Å²) in [6, 6.07) is 10.3. The summed E-state index contributed by atoms with van der Waals surface area (Å²) < 4.78 is 0. The van der Waals surface area contributed by atoms with E-state index in [1.165, 1.54) is 11.8 Å². The van der Waals surface area contributed by atoms with Gasteiger partial charge in [-0.1, -0.05) is 46.6 Å². The third-order valence-corrected chi connectivity index (χ3v) is 4.62. The normalized spacial score (nSPS) is 10.9. The lowest BCUT2D eigenvalue weighted by molar-refractivity contribution is -0.113. The highest BCUT2D eigenvalue weighted by atomic mass is 35.5. The summed E-state index contributed by atoms with van der Waals surface area (Å²) in [5.41, 5.74) is 2.16. The van der Waals surface area contributed by atoms with Gasteiger partial charge >= 0.3 is 0 Å². The third-order valence-electron chi connectivity index (χ3n) is 2.97. The highest BCUT2D eigenvalue weighted by Crippen LogP contribution is 2.26. The van der Waals surface area contributed by atoms with Gasteiger partial charge in [-0.3, -0.25) is 4.79 Å². The first kappa shape index (κ1) is 16.5. The number of nitrogens with one attached hydrogen (secondary N) is 2. The Morgan fingerprint density at radius 2 is 1.87 bits per heavy atom. The molecule has 23 heavy (non-hydrogen) atoms. The highest BCUT2D eigenvalue weighted by molar-refractivity contribution is 7.99. The zero-order valence-electron chi connectivity index (χ0n) is 11.6. The van der Waals surface area contributed by atoms with Gasteiger partial charge < -0.3 is 10.3 Å². The topological polar surface area (TPSA) is 57.8 Å². The standard InChI is InChI=1S/C15H10Cl3N3OS/c16-8-1-3-11(10(18)5-8)19-14(22)7-23-15-20-12-4-2-9(17)6-13(12)21-15/h1-6H,7H2,(H,19,22)(H,20,21). The first-order chi connectivity index (χ1) is 11.0. The fourth-order valence-corrected chi connectivity index (χ4v) is 3.25. The maximum absolute atomic E-state index is 12.0. The second kappa shape index (κ2) is 7.01. The van der Waals surface area contributed by atoms with Crippen molar-refractivity contribution in [2.24, 2.45) is 0 Å². The molecule has 1 heterocycles. The van der Waals surface area contributed by atoms with E-state index in [4.69, 9.17) is 34.8 Å². The summed E-state index contributed by atoms with van der Waals surface area (Å²) in [7, 11) is 0. The third kappa shape index (κ3) is 4.12. The summed E-state index contributed by atoms with van der Waals surface area (Å²) in [4.78, 5) is 19.5. The molecule has 1 amide bonds. The molecule has 3 aromatic rings. The Hall–Kier alpha value is -1.40. The maximum atomic E-state index is 12.0. The number of H-pyrrole nitrogens is 1. The van der Waals surface area contributed by atoms with Gasteiger partial charge in [-0.2, -0.15) is 0 Å². The number of thioether (sulfide) groups is 1. The lowest BCUT2D eigenvalue weighted by Gasteiger charge is -2.06. The molecule has 3 rings (SSSR count). The fourth-order valence-electron chi connectivity index (χ4n) is 1.94. The summed E-state index contributed by atoms with van der Waals surface area (Å²) >= 11 is 19.1. The number of hydrogen-bond acceptors (Lipinski definition) is 3. The van der Waals surface area contributed by atoms with Gasteiger partial charge in [-0.25, -0.2) is 4.98 Å². The van der Waals surface area contributed by atoms with Crippen molar-refractivity contribution < 1.29 is 4.79 Å². The lowest BCUT2D eigenvalue weighted by Crippen LogP contribution is -2.14. The molecule has 0 unspecified atom stereocenters. The number of halogens is 3. The van der Waals surface area contributed by atoms with Crippen LogP contribution in [0.4, 0.5) is 5.69 Å². The van der Waals surface area contributed by atoms with E-state index in [-0.39, 0.29) is 11.7 Å². The van der Waals surface area contributed by atoms with Gasteiger partial charge in [0.05, 0.1) is 27.5 Å². The van der Waals surface area contributed by atoms with Gasteiger partial charge in [0, 0.05) is 10.0 Å². The Bertz CT molecular complexity index is 882. The van der Waals surface area contributed by atoms with E-state index < -0.39 is 0 Å². The van der Waals surface area contributed by atoms with Gasteiger partial charge in [0.1, 0.15) is 0 Å². The first-order valence-electron chi connectivity index (χ1n) is 6.54. The average Bonchev–Trinajstić information content (AvgIpc) is 2.90. The molecule has 2 N–H and O–H groups in total. The van der Waals surface area contributed by atoms with Crippen LogP contribution in [0.25, 0.3) is 11.0 Å². The van der Waals surface area contributed by atoms with Crippen LogP contribution in [-0.2, 0) is 4.79 Å². The predicted octanol–water partition coefficient (Wildman–Crippen LogP) is 5.25. The first-order valence-corrected chi connectivity index (χ1v) is 8.66. The number of carbonyl (C=O) groups excluding carboxylic acids is 1. The van der Waals surface area contributed by atoms with E-state index >= 15 is 0 Å². The van der Waals surface area contributed by atoms with Crippen LogP contribution in [0.1, 0.15) is 0 Å². The van der Waals surface area contributed by atoms with Gasteiger partial charge in [0.15, 0.2) is 5.16 Å². The van der Waals surface area contributed by atoms with Crippen molar-refractivity contribution in [1.29, 1.82) is 0 Å². The van der Waals surface area contributed by atoms with Crippen LogP contribution in [0.15, 0.2) is 41.6 Å². The molecule has 0 aliphatic rings. The average molecular weight is 387 g/mol. The number of benzene rings is 2. The summed E-state index contributed by atoms with van der Waals surface area (Å²) in [5, 5.41) is 4.94. The van der Waals surface area contributed by atoms with Crippen molar-refractivity contribution in [1.82, 2.24) is 9.97 Å². The monoisotopic (exact) mass is 385 g/mol. The van der Waals surface area contributed by atoms with Crippen LogP contribution in [0.3, 0.4) is 0 Å². The molecule has 0 atom stereocenters. The van der Waals surface area contributed by atoms with Crippen molar-refractivity contribution in [3.8, 4) is 0 Å². The second-order valence-corrected chi connectivity index (χ2v) is 6.91. The molecular weight excluding hydrogens is 377 g/mol. The van der Waals surface area contributed by atoms with Crippen molar-refractivity contribution in [3.05, 3.63) is 51.5 Å². The summed E-state index contributed by atoms with van der Waals surface area (Å²) in [6.45, 7) is 0. The number of aromatic amines is 1. The highest BCUT2D eigenvalue weighted by Gasteiger charge is 2.09. The number of nitrogens with zero attached hydrogens (tertiary/aromatic N) is 1. The fraction of sp³-hybridized carbons (Fsp3) is 0.0667. The molecule has 1 aromatic heterocycles. The molecule has 2 aromatic carbocycles. The molecule has 4 nitrogen and oxygen atoms in total. The van der Waals surface area contributed by atoms with E-state index in [0.29, 0.717) is 25.9 Å². The second-order valence-electron chi connectivity index (χ2n) is 4.66. The van der Waals surface area contributed by atoms with E-state index in [1.54, 1.807) is 30.3 Å². The molecular formula is C15H10Cl3N3OS. The predicted molar refractivity (Wildman–Crippen MR) is 96.9 cm³/mol. The maximum Gasteiger partial charge on any atom is 0.234 e. The van der Waals surface area contributed by atoms with Gasteiger partial charge in [0.25, 0.3) is 0 Å². The molecule has 118 valence electrons. The van der Waals surface area contributed by atoms with E-state index in [9.17, 15) is 4.79 Å². The molecule has 0 bridgehead atoms. The molecule has 0 aliphatic heterocycles. The Labute approximate surface area is 151 Å². The number of fused-ring (bicyclic) bond motifs is 1. The smallest absolute Gasteiger partial charge is 0.234 e. The van der Waals surface area contributed by atoms with Gasteiger partial charge in [0.2, 0.25) is 5.91 Å². The zero-order valence-corrected chi connectivity index (χ0v) is 14.7. The molecule has 0 fully saturated rings. The van der Waals surface area contributed by atoms with Crippen LogP contribution >= 0.6 is 46.6 Å².